The molecule has 0 N–H and O–H groups in total. The predicted octanol–water partition coefficient (Wildman–Crippen LogP) is 0.765. The molecule has 1 aromatic carbocycles. The molecule has 1 aliphatic rings. The fourth-order valence-electron chi connectivity index (χ4n) is 1.96. The van der Waals surface area contributed by atoms with Gasteiger partial charge in [-0.05, 0) is 18.6 Å². The summed E-state index contributed by atoms with van der Waals surface area (Å²) in [5.74, 6) is 0.255. The first-order chi connectivity index (χ1) is 9.65. The van der Waals surface area contributed by atoms with E-state index in [4.69, 9.17) is 8.92 Å². The normalized spacial score (nSPS) is 19.1. The summed E-state index contributed by atoms with van der Waals surface area (Å²) in [6, 6.07) is 6.68. The van der Waals surface area contributed by atoms with Crippen LogP contribution in [0.4, 0.5) is 0 Å². The molecule has 1 unspecified atom stereocenters. The van der Waals surface area contributed by atoms with Crippen molar-refractivity contribution in [1.82, 2.24) is 14.8 Å². The highest BCUT2D eigenvalue weighted by Gasteiger charge is 2.31. The van der Waals surface area contributed by atoms with Crippen molar-refractivity contribution in [3.8, 4) is 11.4 Å². The van der Waals surface area contributed by atoms with E-state index < -0.39 is 15.4 Å². The van der Waals surface area contributed by atoms with Gasteiger partial charge in [0.25, 0.3) is 0 Å². The van der Waals surface area contributed by atoms with Crippen molar-refractivity contribution < 1.29 is 17.3 Å². The monoisotopic (exact) mass is 295 g/mol. The second-order valence-electron chi connectivity index (χ2n) is 4.40. The first kappa shape index (κ1) is 13.1. The number of nitrogens with zero attached hydrogens (tertiary/aromatic N) is 3. The topological polar surface area (TPSA) is 83.3 Å². The molecule has 20 heavy (non-hydrogen) atoms. The number of aromatic nitrogens is 3. The molecule has 1 aliphatic heterocycles. The summed E-state index contributed by atoms with van der Waals surface area (Å²) in [4.78, 5) is 3.84. The predicted molar refractivity (Wildman–Crippen MR) is 70.1 cm³/mol. The summed E-state index contributed by atoms with van der Waals surface area (Å²) in [5, 5.41) is 3.38. The summed E-state index contributed by atoms with van der Waals surface area (Å²) in [7, 11) is -3.67. The summed E-state index contributed by atoms with van der Waals surface area (Å²) >= 11 is 0. The van der Waals surface area contributed by atoms with Gasteiger partial charge in [-0.25, -0.2) is 9.67 Å². The third-order valence-corrected chi connectivity index (χ3v) is 4.62. The van der Waals surface area contributed by atoms with E-state index in [9.17, 15) is 8.42 Å². The lowest BCUT2D eigenvalue weighted by Crippen LogP contribution is -2.26. The Balaban J connectivity index is 1.83. The quantitative estimate of drug-likeness (QED) is 0.775. The smallest absolute Gasteiger partial charge is 0.314 e. The van der Waals surface area contributed by atoms with Crippen molar-refractivity contribution >= 4 is 10.1 Å². The van der Waals surface area contributed by atoms with E-state index in [0.29, 0.717) is 18.7 Å². The molecular weight excluding hydrogens is 282 g/mol. The highest BCUT2D eigenvalue weighted by molar-refractivity contribution is 7.87. The molecule has 1 fully saturated rings. The molecule has 0 bridgehead atoms. The Morgan fingerprint density at radius 1 is 1.40 bits per heavy atom. The third kappa shape index (κ3) is 2.66. The van der Waals surface area contributed by atoms with Gasteiger partial charge in [-0.1, -0.05) is 6.07 Å². The van der Waals surface area contributed by atoms with E-state index in [1.54, 1.807) is 24.3 Å². The largest absolute Gasteiger partial charge is 0.382 e. The van der Waals surface area contributed by atoms with Crippen LogP contribution in [0.3, 0.4) is 0 Å². The van der Waals surface area contributed by atoms with Gasteiger partial charge < -0.3 is 8.92 Å². The molecular formula is C12H13N3O4S. The maximum atomic E-state index is 12.1. The first-order valence-electron chi connectivity index (χ1n) is 6.11. The van der Waals surface area contributed by atoms with Crippen molar-refractivity contribution in [3.05, 3.63) is 36.9 Å². The van der Waals surface area contributed by atoms with Crippen molar-refractivity contribution in [2.75, 3.05) is 13.2 Å². The van der Waals surface area contributed by atoms with Crippen LogP contribution < -0.4 is 4.18 Å². The van der Waals surface area contributed by atoms with Gasteiger partial charge >= 0.3 is 10.1 Å². The first-order valence-corrected chi connectivity index (χ1v) is 7.58. The van der Waals surface area contributed by atoms with E-state index in [2.05, 4.69) is 10.1 Å². The van der Waals surface area contributed by atoms with Gasteiger partial charge in [-0.15, -0.1) is 0 Å². The Morgan fingerprint density at radius 2 is 2.30 bits per heavy atom. The van der Waals surface area contributed by atoms with Crippen LogP contribution in [0, 0.1) is 0 Å². The maximum Gasteiger partial charge on any atom is 0.314 e. The van der Waals surface area contributed by atoms with Crippen molar-refractivity contribution in [1.29, 1.82) is 0 Å². The lowest BCUT2D eigenvalue weighted by molar-refractivity contribution is 0.198. The van der Waals surface area contributed by atoms with Gasteiger partial charge in [-0.2, -0.15) is 13.5 Å². The fraction of sp³-hybridized carbons (Fsp3) is 0.333. The van der Waals surface area contributed by atoms with Gasteiger partial charge in [0, 0.05) is 12.7 Å². The van der Waals surface area contributed by atoms with Gasteiger partial charge in [0.05, 0.1) is 12.3 Å². The van der Waals surface area contributed by atoms with E-state index in [-0.39, 0.29) is 12.4 Å². The van der Waals surface area contributed by atoms with E-state index >= 15 is 0 Å². The van der Waals surface area contributed by atoms with E-state index in [0.717, 1.165) is 0 Å². The summed E-state index contributed by atoms with van der Waals surface area (Å²) in [6.45, 7) is 0.636. The van der Waals surface area contributed by atoms with Crippen molar-refractivity contribution in [2.45, 2.75) is 11.7 Å². The average Bonchev–Trinajstić information content (AvgIpc) is 3.12. The molecule has 2 aromatic rings. The second-order valence-corrected chi connectivity index (χ2v) is 6.22. The van der Waals surface area contributed by atoms with Crippen LogP contribution in [0.25, 0.3) is 5.69 Å². The molecule has 1 atom stereocenters. The Labute approximate surface area is 116 Å². The van der Waals surface area contributed by atoms with Crippen LogP contribution in [0.5, 0.6) is 5.75 Å². The van der Waals surface area contributed by atoms with Crippen LogP contribution >= 0.6 is 0 Å². The molecule has 0 radical (unpaired) electrons. The average molecular weight is 295 g/mol. The zero-order valence-electron chi connectivity index (χ0n) is 10.5. The molecule has 0 saturated carbocycles. The molecule has 1 aromatic heterocycles. The minimum atomic E-state index is -3.67. The van der Waals surface area contributed by atoms with Crippen molar-refractivity contribution in [3.63, 3.8) is 0 Å². The van der Waals surface area contributed by atoms with Crippen LogP contribution in [0.15, 0.2) is 36.9 Å². The third-order valence-electron chi connectivity index (χ3n) is 3.01. The van der Waals surface area contributed by atoms with Crippen LogP contribution in [-0.4, -0.2) is 41.6 Å². The SMILES string of the molecule is O=S(=O)(Oc1cccc(-n2cncn2)c1)C1CCOC1. The highest BCUT2D eigenvalue weighted by Crippen LogP contribution is 2.22. The lowest BCUT2D eigenvalue weighted by atomic mass is 10.3. The number of hydrogen-bond acceptors (Lipinski definition) is 6. The van der Waals surface area contributed by atoms with E-state index in [1.165, 1.54) is 17.3 Å². The van der Waals surface area contributed by atoms with Gasteiger partial charge in [-0.3, -0.25) is 0 Å². The molecule has 8 heteroatoms. The van der Waals surface area contributed by atoms with Crippen molar-refractivity contribution in [2.24, 2.45) is 0 Å². The molecule has 1 saturated heterocycles. The number of rotatable bonds is 4. The summed E-state index contributed by atoms with van der Waals surface area (Å²) in [6.07, 6.45) is 3.39. The molecule has 3 rings (SSSR count). The Bertz CT molecular complexity index is 678. The second kappa shape index (κ2) is 5.22. The molecule has 106 valence electrons. The van der Waals surface area contributed by atoms with Crippen LogP contribution in [0.1, 0.15) is 6.42 Å². The Kier molecular flexibility index (Phi) is 3.41. The van der Waals surface area contributed by atoms with Crippen LogP contribution in [0.2, 0.25) is 0 Å². The maximum absolute atomic E-state index is 12.1. The van der Waals surface area contributed by atoms with Gasteiger partial charge in [0.1, 0.15) is 23.7 Å². The highest BCUT2D eigenvalue weighted by atomic mass is 32.2. The minimum absolute atomic E-state index is 0.186. The zero-order valence-corrected chi connectivity index (χ0v) is 11.4. The Morgan fingerprint density at radius 3 is 3.00 bits per heavy atom. The van der Waals surface area contributed by atoms with E-state index in [1.807, 2.05) is 0 Å². The molecule has 0 spiro atoms. The molecule has 0 aliphatic carbocycles. The minimum Gasteiger partial charge on any atom is -0.382 e. The molecule has 0 amide bonds. The molecule has 2 heterocycles. The number of hydrogen-bond donors (Lipinski definition) is 0. The number of benzene rings is 1. The summed E-state index contributed by atoms with van der Waals surface area (Å²) < 4.78 is 35.9. The molecule has 7 nitrogen and oxygen atoms in total. The van der Waals surface area contributed by atoms with Crippen LogP contribution in [-0.2, 0) is 14.9 Å². The fourth-order valence-corrected chi connectivity index (χ4v) is 3.12. The standard InChI is InChI=1S/C12H13N3O4S/c16-20(17,12-4-5-18-7-12)19-11-3-1-2-10(6-11)15-9-13-8-14-15/h1-3,6,8-9,12H,4-5,7H2. The summed E-state index contributed by atoms with van der Waals surface area (Å²) in [5.41, 5.74) is 0.679. The lowest BCUT2D eigenvalue weighted by Gasteiger charge is -2.11. The number of ether oxygens (including phenoxy) is 1. The van der Waals surface area contributed by atoms with Gasteiger partial charge in [0.15, 0.2) is 0 Å². The zero-order chi connectivity index (χ0) is 14.0. The van der Waals surface area contributed by atoms with Gasteiger partial charge in [0.2, 0.25) is 0 Å². The Hall–Kier alpha value is -1.93.